The minimum Gasteiger partial charge on any atom is -0.438 e. The Morgan fingerprint density at radius 1 is 1.12 bits per heavy atom. The summed E-state index contributed by atoms with van der Waals surface area (Å²) in [5.41, 5.74) is 8.83. The molecule has 0 spiro atoms. The number of alkyl halides is 3. The first-order valence-corrected chi connectivity index (χ1v) is 13.5. The average molecular weight is 564 g/mol. The van der Waals surface area contributed by atoms with Crippen molar-refractivity contribution in [3.05, 3.63) is 40.7 Å². The van der Waals surface area contributed by atoms with E-state index in [0.717, 1.165) is 23.9 Å². The summed E-state index contributed by atoms with van der Waals surface area (Å²) in [5.74, 6) is -2.16. The van der Waals surface area contributed by atoms with Crippen LogP contribution in [0.5, 0.6) is 0 Å². The van der Waals surface area contributed by atoms with Gasteiger partial charge in [-0.25, -0.2) is 4.68 Å². The van der Waals surface area contributed by atoms with E-state index in [0.29, 0.717) is 12.8 Å². The van der Waals surface area contributed by atoms with Crippen molar-refractivity contribution >= 4 is 23.3 Å². The van der Waals surface area contributed by atoms with Crippen LogP contribution in [0, 0.1) is 11.3 Å². The lowest BCUT2D eigenvalue weighted by molar-refractivity contribution is -0.162. The summed E-state index contributed by atoms with van der Waals surface area (Å²) >= 11 is 0. The van der Waals surface area contributed by atoms with Crippen LogP contribution in [-0.4, -0.2) is 39.2 Å². The Bertz CT molecular complexity index is 1330. The quantitative estimate of drug-likeness (QED) is 0.326. The second-order valence-electron chi connectivity index (χ2n) is 12.0. The lowest BCUT2D eigenvalue weighted by Crippen LogP contribution is -2.49. The number of nitrogens with zero attached hydrogens (tertiary/aromatic N) is 2. The number of nitrogens with one attached hydrogen (secondary N) is 1. The number of halogens is 3. The number of benzene rings is 1. The number of rotatable bonds is 7. The Hall–Kier alpha value is -3.41. The van der Waals surface area contributed by atoms with Crippen molar-refractivity contribution in [2.24, 2.45) is 22.8 Å². The number of ether oxygens (including phenoxy) is 1. The molecule has 1 amide bonds. The number of carbonyl (C=O) groups is 3. The third kappa shape index (κ3) is 5.86. The fourth-order valence-electron chi connectivity index (χ4n) is 5.50. The van der Waals surface area contributed by atoms with E-state index in [1.807, 2.05) is 13.8 Å². The van der Waals surface area contributed by atoms with Crippen LogP contribution in [0.4, 0.5) is 18.9 Å². The molecule has 2 aliphatic rings. The molecule has 1 atom stereocenters. The Morgan fingerprint density at radius 3 is 2.35 bits per heavy atom. The van der Waals surface area contributed by atoms with E-state index in [2.05, 4.69) is 10.4 Å². The van der Waals surface area contributed by atoms with E-state index in [1.54, 1.807) is 13.8 Å². The maximum atomic E-state index is 14.0. The molecule has 218 valence electrons. The molecular weight excluding hydrogens is 527 g/mol. The van der Waals surface area contributed by atoms with E-state index in [4.69, 9.17) is 16.2 Å². The topological polar surface area (TPSA) is 142 Å². The normalized spacial score (nSPS) is 19.2. The van der Waals surface area contributed by atoms with Gasteiger partial charge in [-0.15, -0.1) is 0 Å². The lowest BCUT2D eigenvalue weighted by Gasteiger charge is -2.39. The Balaban J connectivity index is 1.82. The monoisotopic (exact) mass is 563 g/mol. The van der Waals surface area contributed by atoms with Gasteiger partial charge in [-0.05, 0) is 48.8 Å². The number of hydrogen-bond donors (Lipinski definition) is 3. The van der Waals surface area contributed by atoms with Gasteiger partial charge in [0, 0.05) is 19.3 Å². The van der Waals surface area contributed by atoms with Crippen molar-refractivity contribution in [2.75, 3.05) is 5.32 Å². The van der Waals surface area contributed by atoms with Gasteiger partial charge < -0.3 is 21.5 Å². The fourth-order valence-corrected chi connectivity index (χ4v) is 5.50. The maximum absolute atomic E-state index is 14.0. The first-order chi connectivity index (χ1) is 18.5. The van der Waals surface area contributed by atoms with Crippen molar-refractivity contribution < 1.29 is 32.3 Å². The molecule has 1 heterocycles. The Morgan fingerprint density at radius 2 is 1.77 bits per heavy atom. The predicted molar refractivity (Wildman–Crippen MR) is 142 cm³/mol. The van der Waals surface area contributed by atoms with E-state index in [9.17, 15) is 27.6 Å². The molecule has 0 bridgehead atoms. The first-order valence-electron chi connectivity index (χ1n) is 13.5. The highest BCUT2D eigenvalue weighted by molar-refractivity contribution is 6.01. The third-order valence-corrected chi connectivity index (χ3v) is 7.64. The van der Waals surface area contributed by atoms with Crippen molar-refractivity contribution in [3.63, 3.8) is 0 Å². The van der Waals surface area contributed by atoms with Crippen LogP contribution in [0.1, 0.15) is 98.3 Å². The number of anilines is 1. The zero-order chi connectivity index (χ0) is 29.6. The molecule has 5 N–H and O–H groups in total. The Labute approximate surface area is 230 Å². The van der Waals surface area contributed by atoms with Gasteiger partial charge in [0.1, 0.15) is 6.04 Å². The van der Waals surface area contributed by atoms with Gasteiger partial charge in [-0.2, -0.15) is 18.3 Å². The number of esters is 1. The zero-order valence-electron chi connectivity index (χ0n) is 23.2. The minimum absolute atomic E-state index is 0.0331. The summed E-state index contributed by atoms with van der Waals surface area (Å²) in [6.45, 7) is 7.22. The molecule has 4 rings (SSSR count). The Kier molecular flexibility index (Phi) is 7.78. The average Bonchev–Trinajstić information content (AvgIpc) is 3.23. The summed E-state index contributed by atoms with van der Waals surface area (Å²) in [4.78, 5) is 38.1. The zero-order valence-corrected chi connectivity index (χ0v) is 23.2. The second kappa shape index (κ2) is 10.5. The maximum Gasteiger partial charge on any atom is 0.435 e. The van der Waals surface area contributed by atoms with Crippen LogP contribution in [0.3, 0.4) is 0 Å². The molecule has 1 saturated carbocycles. The van der Waals surface area contributed by atoms with Crippen LogP contribution in [0.15, 0.2) is 18.2 Å². The molecule has 9 nitrogen and oxygen atoms in total. The van der Waals surface area contributed by atoms with E-state index in [-0.39, 0.29) is 41.4 Å². The highest BCUT2D eigenvalue weighted by Gasteiger charge is 2.45. The van der Waals surface area contributed by atoms with Crippen molar-refractivity contribution in [1.29, 1.82) is 0 Å². The highest BCUT2D eigenvalue weighted by atomic mass is 19.4. The van der Waals surface area contributed by atoms with Gasteiger partial charge in [0.2, 0.25) is 0 Å². The highest BCUT2D eigenvalue weighted by Crippen LogP contribution is 2.42. The number of carbonyl (C=O) groups excluding carboxylic acids is 3. The predicted octanol–water partition coefficient (Wildman–Crippen LogP) is 4.74. The lowest BCUT2D eigenvalue weighted by atomic mass is 9.75. The first kappa shape index (κ1) is 29.6. The number of amides is 1. The number of primary amides is 1. The third-order valence-electron chi connectivity index (χ3n) is 7.64. The molecule has 0 saturated heterocycles. The molecular formula is C28H36F3N5O4. The van der Waals surface area contributed by atoms with Crippen molar-refractivity contribution in [1.82, 2.24) is 9.78 Å². The smallest absolute Gasteiger partial charge is 0.435 e. The summed E-state index contributed by atoms with van der Waals surface area (Å²) in [6, 6.07) is 3.40. The molecule has 1 aromatic heterocycles. The molecule has 1 fully saturated rings. The van der Waals surface area contributed by atoms with Gasteiger partial charge in [-0.3, -0.25) is 14.4 Å². The van der Waals surface area contributed by atoms with Crippen LogP contribution < -0.4 is 16.8 Å². The summed E-state index contributed by atoms with van der Waals surface area (Å²) in [6.07, 6.45) is -1.42. The van der Waals surface area contributed by atoms with Crippen LogP contribution in [0.2, 0.25) is 0 Å². The summed E-state index contributed by atoms with van der Waals surface area (Å²) in [7, 11) is 0. The number of aromatic nitrogens is 2. The van der Waals surface area contributed by atoms with E-state index >= 15 is 0 Å². The van der Waals surface area contributed by atoms with E-state index < -0.39 is 52.3 Å². The molecule has 12 heteroatoms. The van der Waals surface area contributed by atoms with Gasteiger partial charge in [0.15, 0.2) is 17.2 Å². The SMILES string of the molecule is CC(C)[C@H](N)C(=O)OC1(Nc2cc(-n3nc(C(F)(F)F)c4c3CC(C)(C)CC4=O)ccc2C(N)=O)CCCCC1. The minimum atomic E-state index is -4.84. The molecule has 2 aliphatic carbocycles. The molecule has 2 aromatic rings. The molecule has 0 radical (unpaired) electrons. The second-order valence-corrected chi connectivity index (χ2v) is 12.0. The standard InChI is InChI=1S/C28H36F3N5O4/c1-15(2)22(32)25(39)40-27(10-6-5-7-11-27)34-18-12-16(8-9-17(18)24(33)38)36-19-13-26(3,4)14-20(37)21(19)23(35-36)28(29,30)31/h8-9,12,15,22,34H,5-7,10-11,13-14,32H2,1-4H3,(H2,33,38)/t22-/m0/s1. The summed E-state index contributed by atoms with van der Waals surface area (Å²) in [5, 5.41) is 7.04. The van der Waals surface area contributed by atoms with Gasteiger partial charge in [0.25, 0.3) is 5.91 Å². The van der Waals surface area contributed by atoms with Crippen molar-refractivity contribution in [2.45, 2.75) is 90.6 Å². The van der Waals surface area contributed by atoms with Gasteiger partial charge in [0.05, 0.1) is 28.2 Å². The molecule has 40 heavy (non-hydrogen) atoms. The van der Waals surface area contributed by atoms with E-state index in [1.165, 1.54) is 18.2 Å². The molecule has 0 unspecified atom stereocenters. The van der Waals surface area contributed by atoms with Gasteiger partial charge >= 0.3 is 12.1 Å². The number of ketones is 1. The number of nitrogens with two attached hydrogens (primary N) is 2. The fraction of sp³-hybridized carbons (Fsp3) is 0.571. The molecule has 0 aliphatic heterocycles. The molecule has 1 aromatic carbocycles. The van der Waals surface area contributed by atoms with Gasteiger partial charge in [-0.1, -0.05) is 34.1 Å². The largest absolute Gasteiger partial charge is 0.438 e. The van der Waals surface area contributed by atoms with Crippen LogP contribution in [-0.2, 0) is 22.1 Å². The van der Waals surface area contributed by atoms with Crippen LogP contribution in [0.25, 0.3) is 5.69 Å². The van der Waals surface area contributed by atoms with Crippen molar-refractivity contribution in [3.8, 4) is 5.69 Å². The van der Waals surface area contributed by atoms with Crippen LogP contribution >= 0.6 is 0 Å². The number of Topliss-reactive ketones (excluding diaryl/α,β-unsaturated/α-hetero) is 1. The summed E-state index contributed by atoms with van der Waals surface area (Å²) < 4.78 is 48.9. The number of hydrogen-bond acceptors (Lipinski definition) is 7. The number of fused-ring (bicyclic) bond motifs is 1.